The molecule has 1 aromatic heterocycles. The number of anilines is 2. The van der Waals surface area contributed by atoms with Crippen LogP contribution < -0.4 is 15.8 Å². The lowest BCUT2D eigenvalue weighted by Crippen LogP contribution is -2.41. The van der Waals surface area contributed by atoms with E-state index >= 15 is 0 Å². The highest BCUT2D eigenvalue weighted by molar-refractivity contribution is 6.06. The van der Waals surface area contributed by atoms with Gasteiger partial charge in [0.05, 0.1) is 16.8 Å². The standard InChI is InChI=1S/C26H28N4O5/c1-3-4-9-14-29-25(33)19-11-6-5-10-18(19)24(28-29)26(34)35-16-23(32)30-17(2)15-22(31)27-20-12-7-8-13-21(20)30/h5-8,10-13,17H,3-4,9,14-16H2,1-2H3,(H,27,31). The fourth-order valence-corrected chi connectivity index (χ4v) is 4.28. The molecular weight excluding hydrogens is 448 g/mol. The molecule has 0 fully saturated rings. The number of aromatic nitrogens is 2. The van der Waals surface area contributed by atoms with E-state index in [9.17, 15) is 19.2 Å². The van der Waals surface area contributed by atoms with Crippen LogP contribution in [0.4, 0.5) is 11.4 Å². The number of para-hydroxylation sites is 2. The van der Waals surface area contributed by atoms with Crippen molar-refractivity contribution in [2.45, 2.75) is 52.1 Å². The maximum atomic E-state index is 13.2. The summed E-state index contributed by atoms with van der Waals surface area (Å²) in [6, 6.07) is 13.3. The van der Waals surface area contributed by atoms with Gasteiger partial charge in [-0.05, 0) is 31.5 Å². The average molecular weight is 477 g/mol. The molecule has 4 rings (SSSR count). The van der Waals surface area contributed by atoms with Crippen LogP contribution in [0, 0.1) is 0 Å². The van der Waals surface area contributed by atoms with Crippen LogP contribution in [0.25, 0.3) is 10.8 Å². The quantitative estimate of drug-likeness (QED) is 0.413. The first kappa shape index (κ1) is 24.1. The van der Waals surface area contributed by atoms with E-state index in [0.717, 1.165) is 19.3 Å². The van der Waals surface area contributed by atoms with Gasteiger partial charge in [-0.25, -0.2) is 9.48 Å². The van der Waals surface area contributed by atoms with Gasteiger partial charge < -0.3 is 15.0 Å². The molecule has 1 aliphatic rings. The number of aryl methyl sites for hydroxylation is 1. The Bertz CT molecular complexity index is 1330. The zero-order chi connectivity index (χ0) is 24.9. The number of rotatable bonds is 7. The fraction of sp³-hybridized carbons (Fsp3) is 0.346. The van der Waals surface area contributed by atoms with Gasteiger partial charge in [-0.3, -0.25) is 14.4 Å². The van der Waals surface area contributed by atoms with Gasteiger partial charge in [0.15, 0.2) is 12.3 Å². The van der Waals surface area contributed by atoms with E-state index in [0.29, 0.717) is 28.7 Å². The molecule has 3 aromatic rings. The van der Waals surface area contributed by atoms with Crippen LogP contribution in [-0.2, 0) is 20.9 Å². The molecule has 9 heteroatoms. The predicted molar refractivity (Wildman–Crippen MR) is 132 cm³/mol. The Morgan fingerprint density at radius 1 is 1.06 bits per heavy atom. The van der Waals surface area contributed by atoms with E-state index in [1.165, 1.54) is 9.58 Å². The normalized spacial score (nSPS) is 15.3. The highest BCUT2D eigenvalue weighted by Crippen LogP contribution is 2.31. The first-order valence-corrected chi connectivity index (χ1v) is 11.8. The Kier molecular flexibility index (Phi) is 7.24. The third kappa shape index (κ3) is 5.08. The van der Waals surface area contributed by atoms with Crippen molar-refractivity contribution in [2.24, 2.45) is 0 Å². The van der Waals surface area contributed by atoms with Crippen LogP contribution in [-0.4, -0.2) is 40.2 Å². The maximum Gasteiger partial charge on any atom is 0.359 e. The number of nitrogens with zero attached hydrogens (tertiary/aromatic N) is 3. The van der Waals surface area contributed by atoms with Crippen LogP contribution >= 0.6 is 0 Å². The van der Waals surface area contributed by atoms with E-state index in [1.54, 1.807) is 55.5 Å². The van der Waals surface area contributed by atoms with Gasteiger partial charge in [0.1, 0.15) is 0 Å². The van der Waals surface area contributed by atoms with E-state index in [2.05, 4.69) is 17.3 Å². The number of carbonyl (C=O) groups is 3. The third-order valence-electron chi connectivity index (χ3n) is 5.99. The molecule has 0 radical (unpaired) electrons. The summed E-state index contributed by atoms with van der Waals surface area (Å²) in [5, 5.41) is 7.84. The summed E-state index contributed by atoms with van der Waals surface area (Å²) < 4.78 is 6.68. The van der Waals surface area contributed by atoms with Crippen molar-refractivity contribution in [3.8, 4) is 0 Å². The number of amides is 2. The SMILES string of the molecule is CCCCCn1nc(C(=O)OCC(=O)N2c3ccccc3NC(=O)CC2C)c2ccccc2c1=O. The molecule has 0 bridgehead atoms. The lowest BCUT2D eigenvalue weighted by molar-refractivity contribution is -0.122. The summed E-state index contributed by atoms with van der Waals surface area (Å²) in [5.74, 6) is -1.45. The number of nitrogens with one attached hydrogen (secondary N) is 1. The van der Waals surface area contributed by atoms with Gasteiger partial charge in [0, 0.05) is 24.4 Å². The number of unbranched alkanes of at least 4 members (excludes halogenated alkanes) is 2. The van der Waals surface area contributed by atoms with Crippen molar-refractivity contribution >= 4 is 39.9 Å². The Hall–Kier alpha value is -4.01. The van der Waals surface area contributed by atoms with Crippen molar-refractivity contribution in [3.63, 3.8) is 0 Å². The maximum absolute atomic E-state index is 13.2. The second kappa shape index (κ2) is 10.5. The minimum absolute atomic E-state index is 0.00865. The fourth-order valence-electron chi connectivity index (χ4n) is 4.28. The van der Waals surface area contributed by atoms with E-state index in [4.69, 9.17) is 4.74 Å². The number of ether oxygens (including phenoxy) is 1. The van der Waals surface area contributed by atoms with Crippen molar-refractivity contribution in [3.05, 3.63) is 64.6 Å². The highest BCUT2D eigenvalue weighted by atomic mass is 16.5. The van der Waals surface area contributed by atoms with Gasteiger partial charge in [0.2, 0.25) is 5.91 Å². The molecule has 0 aliphatic carbocycles. The second-order valence-corrected chi connectivity index (χ2v) is 8.59. The number of benzene rings is 2. The molecule has 0 spiro atoms. The van der Waals surface area contributed by atoms with Crippen molar-refractivity contribution in [1.29, 1.82) is 0 Å². The number of hydrogen-bond donors (Lipinski definition) is 1. The van der Waals surface area contributed by atoms with Crippen molar-refractivity contribution in [2.75, 3.05) is 16.8 Å². The topological polar surface area (TPSA) is 111 Å². The molecule has 35 heavy (non-hydrogen) atoms. The smallest absolute Gasteiger partial charge is 0.359 e. The molecule has 2 aromatic carbocycles. The summed E-state index contributed by atoms with van der Waals surface area (Å²) in [6.07, 6.45) is 2.79. The molecule has 0 saturated carbocycles. The van der Waals surface area contributed by atoms with Gasteiger partial charge in [0.25, 0.3) is 11.5 Å². The highest BCUT2D eigenvalue weighted by Gasteiger charge is 2.30. The Morgan fingerprint density at radius 3 is 2.54 bits per heavy atom. The molecule has 1 aliphatic heterocycles. The Morgan fingerprint density at radius 2 is 1.77 bits per heavy atom. The number of fused-ring (bicyclic) bond motifs is 2. The van der Waals surface area contributed by atoms with E-state index in [1.807, 2.05) is 0 Å². The molecule has 1 N–H and O–H groups in total. The largest absolute Gasteiger partial charge is 0.451 e. The molecule has 1 unspecified atom stereocenters. The lowest BCUT2D eigenvalue weighted by atomic mass is 10.1. The zero-order valence-electron chi connectivity index (χ0n) is 19.8. The predicted octanol–water partition coefficient (Wildman–Crippen LogP) is 3.51. The lowest BCUT2D eigenvalue weighted by Gasteiger charge is -2.27. The summed E-state index contributed by atoms with van der Waals surface area (Å²) in [7, 11) is 0. The van der Waals surface area contributed by atoms with Crippen LogP contribution in [0.2, 0.25) is 0 Å². The van der Waals surface area contributed by atoms with Crippen molar-refractivity contribution < 1.29 is 19.1 Å². The number of esters is 1. The van der Waals surface area contributed by atoms with Gasteiger partial charge in [-0.2, -0.15) is 5.10 Å². The van der Waals surface area contributed by atoms with Crippen molar-refractivity contribution in [1.82, 2.24) is 9.78 Å². The number of carbonyl (C=O) groups excluding carboxylic acids is 3. The number of hydrogen-bond acceptors (Lipinski definition) is 6. The molecule has 0 saturated heterocycles. The van der Waals surface area contributed by atoms with Crippen LogP contribution in [0.1, 0.15) is 50.0 Å². The molecule has 2 amide bonds. The van der Waals surface area contributed by atoms with Crippen LogP contribution in [0.3, 0.4) is 0 Å². The third-order valence-corrected chi connectivity index (χ3v) is 5.99. The first-order valence-electron chi connectivity index (χ1n) is 11.8. The first-order chi connectivity index (χ1) is 16.9. The summed E-state index contributed by atoms with van der Waals surface area (Å²) in [4.78, 5) is 52.7. The molecule has 2 heterocycles. The molecular formula is C26H28N4O5. The van der Waals surface area contributed by atoms with Gasteiger partial charge in [-0.1, -0.05) is 50.1 Å². The minimum Gasteiger partial charge on any atom is -0.451 e. The van der Waals surface area contributed by atoms with E-state index in [-0.39, 0.29) is 23.6 Å². The second-order valence-electron chi connectivity index (χ2n) is 8.59. The minimum atomic E-state index is -0.788. The van der Waals surface area contributed by atoms with Crippen LogP contribution in [0.15, 0.2) is 53.3 Å². The Balaban J connectivity index is 1.58. The van der Waals surface area contributed by atoms with Gasteiger partial charge >= 0.3 is 5.97 Å². The van der Waals surface area contributed by atoms with E-state index < -0.39 is 24.5 Å². The molecule has 182 valence electrons. The average Bonchev–Trinajstić information content (AvgIpc) is 2.98. The summed E-state index contributed by atoms with van der Waals surface area (Å²) in [5.41, 5.74) is 0.787. The molecule has 9 nitrogen and oxygen atoms in total. The summed E-state index contributed by atoms with van der Waals surface area (Å²) in [6.45, 7) is 3.69. The summed E-state index contributed by atoms with van der Waals surface area (Å²) >= 11 is 0. The zero-order valence-corrected chi connectivity index (χ0v) is 19.8. The molecule has 1 atom stereocenters. The monoisotopic (exact) mass is 476 g/mol. The van der Waals surface area contributed by atoms with Crippen LogP contribution in [0.5, 0.6) is 0 Å². The van der Waals surface area contributed by atoms with Gasteiger partial charge in [-0.15, -0.1) is 0 Å². The Labute approximate surface area is 202 Å².